The van der Waals surface area contributed by atoms with Gasteiger partial charge in [-0.25, -0.2) is 9.78 Å². The van der Waals surface area contributed by atoms with E-state index in [1.165, 1.54) is 0 Å². The van der Waals surface area contributed by atoms with Crippen LogP contribution < -0.4 is 10.2 Å². The summed E-state index contributed by atoms with van der Waals surface area (Å²) in [5.41, 5.74) is 1.91. The normalized spacial score (nSPS) is 16.3. The maximum absolute atomic E-state index is 12.3. The lowest BCUT2D eigenvalue weighted by Crippen LogP contribution is -2.38. The molecule has 1 aromatic carbocycles. The van der Waals surface area contributed by atoms with Gasteiger partial charge >= 0.3 is 5.97 Å². The molecule has 0 saturated heterocycles. The number of pyridine rings is 1. The number of esters is 1. The summed E-state index contributed by atoms with van der Waals surface area (Å²) in [4.78, 5) is 30.4. The lowest BCUT2D eigenvalue weighted by molar-refractivity contribution is -0.125. The Morgan fingerprint density at radius 2 is 2.04 bits per heavy atom. The van der Waals surface area contributed by atoms with Crippen molar-refractivity contribution in [2.75, 3.05) is 24.3 Å². The van der Waals surface area contributed by atoms with Gasteiger partial charge in [0.2, 0.25) is 0 Å². The van der Waals surface area contributed by atoms with Crippen LogP contribution in [-0.2, 0) is 16.0 Å². The van der Waals surface area contributed by atoms with E-state index in [1.54, 1.807) is 30.5 Å². The molecule has 23 heavy (non-hydrogen) atoms. The Kier molecular flexibility index (Phi) is 3.97. The van der Waals surface area contributed by atoms with Crippen LogP contribution in [0.5, 0.6) is 0 Å². The van der Waals surface area contributed by atoms with Gasteiger partial charge in [-0.05, 0) is 23.8 Å². The highest BCUT2D eigenvalue weighted by Gasteiger charge is 2.31. The van der Waals surface area contributed by atoms with Crippen molar-refractivity contribution in [3.63, 3.8) is 0 Å². The molecule has 1 aromatic heterocycles. The predicted octanol–water partition coefficient (Wildman–Crippen LogP) is 1.87. The highest BCUT2D eigenvalue weighted by atomic mass is 16.5. The Hall–Kier alpha value is -2.89. The fraction of sp³-hybridized carbons (Fsp3) is 0.235. The van der Waals surface area contributed by atoms with Crippen molar-refractivity contribution in [2.45, 2.75) is 12.5 Å². The van der Waals surface area contributed by atoms with Crippen LogP contribution in [0, 0.1) is 0 Å². The zero-order chi connectivity index (χ0) is 16.4. The number of aromatic nitrogens is 1. The summed E-state index contributed by atoms with van der Waals surface area (Å²) >= 11 is 0. The van der Waals surface area contributed by atoms with Gasteiger partial charge in [-0.1, -0.05) is 18.2 Å². The van der Waals surface area contributed by atoms with E-state index in [0.717, 1.165) is 11.4 Å². The third-order valence-corrected chi connectivity index (χ3v) is 3.66. The van der Waals surface area contributed by atoms with E-state index >= 15 is 0 Å². The summed E-state index contributed by atoms with van der Waals surface area (Å²) < 4.78 is 5.23. The molecular formula is C17H17N3O3. The number of fused-ring (bicyclic) bond motifs is 1. The molecule has 1 amide bonds. The van der Waals surface area contributed by atoms with Gasteiger partial charge in [0.15, 0.2) is 6.10 Å². The molecule has 1 aliphatic heterocycles. The number of rotatable bonds is 3. The van der Waals surface area contributed by atoms with Crippen LogP contribution in [0.25, 0.3) is 0 Å². The number of ether oxygens (including phenoxy) is 1. The Labute approximate surface area is 134 Å². The van der Waals surface area contributed by atoms with Gasteiger partial charge in [0, 0.05) is 20.5 Å². The summed E-state index contributed by atoms with van der Waals surface area (Å²) in [6, 6.07) is 10.7. The number of benzene rings is 1. The first kappa shape index (κ1) is 15.0. The van der Waals surface area contributed by atoms with Gasteiger partial charge < -0.3 is 15.0 Å². The van der Waals surface area contributed by atoms with E-state index in [1.807, 2.05) is 31.1 Å². The summed E-state index contributed by atoms with van der Waals surface area (Å²) in [5.74, 6) is -0.0265. The molecule has 1 N–H and O–H groups in total. The summed E-state index contributed by atoms with van der Waals surface area (Å²) in [6.45, 7) is 0. The number of nitrogens with zero attached hydrogens (tertiary/aromatic N) is 2. The minimum Gasteiger partial charge on any atom is -0.448 e. The van der Waals surface area contributed by atoms with E-state index in [2.05, 4.69) is 10.3 Å². The number of hydrogen-bond acceptors (Lipinski definition) is 5. The number of anilines is 2. The minimum atomic E-state index is -0.828. The van der Waals surface area contributed by atoms with Gasteiger partial charge in [-0.2, -0.15) is 0 Å². The van der Waals surface area contributed by atoms with Crippen molar-refractivity contribution in [1.82, 2.24) is 4.98 Å². The zero-order valence-corrected chi connectivity index (χ0v) is 12.9. The molecule has 0 aliphatic carbocycles. The monoisotopic (exact) mass is 311 g/mol. The van der Waals surface area contributed by atoms with Crippen LogP contribution in [0.3, 0.4) is 0 Å². The van der Waals surface area contributed by atoms with Crippen LogP contribution in [0.1, 0.15) is 15.9 Å². The van der Waals surface area contributed by atoms with Crippen molar-refractivity contribution in [3.05, 3.63) is 53.7 Å². The minimum absolute atomic E-state index is 0.354. The van der Waals surface area contributed by atoms with Crippen molar-refractivity contribution in [1.29, 1.82) is 0 Å². The zero-order valence-electron chi connectivity index (χ0n) is 12.9. The molecule has 0 bridgehead atoms. The van der Waals surface area contributed by atoms with Crippen LogP contribution >= 0.6 is 0 Å². The molecule has 2 heterocycles. The van der Waals surface area contributed by atoms with Gasteiger partial charge in [0.25, 0.3) is 5.91 Å². The summed E-state index contributed by atoms with van der Waals surface area (Å²) in [5, 5.41) is 2.73. The molecule has 3 rings (SSSR count). The van der Waals surface area contributed by atoms with Gasteiger partial charge in [0.1, 0.15) is 5.82 Å². The lowest BCUT2D eigenvalue weighted by atomic mass is 9.98. The second kappa shape index (κ2) is 6.08. The molecule has 0 spiro atoms. The second-order valence-electron chi connectivity index (χ2n) is 5.54. The van der Waals surface area contributed by atoms with Crippen LogP contribution in [-0.4, -0.2) is 37.1 Å². The Morgan fingerprint density at radius 1 is 1.26 bits per heavy atom. The van der Waals surface area contributed by atoms with Crippen molar-refractivity contribution < 1.29 is 14.3 Å². The molecule has 0 fully saturated rings. The van der Waals surface area contributed by atoms with E-state index in [0.29, 0.717) is 17.7 Å². The fourth-order valence-corrected chi connectivity index (χ4v) is 2.43. The molecule has 6 heteroatoms. The fourth-order valence-electron chi connectivity index (χ4n) is 2.43. The van der Waals surface area contributed by atoms with Gasteiger partial charge in [0.05, 0.1) is 17.4 Å². The maximum Gasteiger partial charge on any atom is 0.339 e. The maximum atomic E-state index is 12.3. The molecule has 1 atom stereocenters. The first-order valence-corrected chi connectivity index (χ1v) is 7.28. The largest absolute Gasteiger partial charge is 0.448 e. The first-order valence-electron chi connectivity index (χ1n) is 7.28. The van der Waals surface area contributed by atoms with Crippen LogP contribution in [0.2, 0.25) is 0 Å². The van der Waals surface area contributed by atoms with Gasteiger partial charge in [-0.3, -0.25) is 4.79 Å². The summed E-state index contributed by atoms with van der Waals surface area (Å²) in [7, 11) is 3.78. The Morgan fingerprint density at radius 3 is 2.74 bits per heavy atom. The molecule has 1 aliphatic rings. The number of cyclic esters (lactones) is 1. The molecule has 118 valence electrons. The van der Waals surface area contributed by atoms with E-state index < -0.39 is 12.1 Å². The number of amides is 1. The number of carbonyl (C=O) groups is 2. The lowest BCUT2D eigenvalue weighted by Gasteiger charge is -2.23. The highest BCUT2D eigenvalue weighted by Crippen LogP contribution is 2.21. The molecule has 6 nitrogen and oxygen atoms in total. The van der Waals surface area contributed by atoms with Crippen molar-refractivity contribution in [2.24, 2.45) is 0 Å². The average molecular weight is 311 g/mol. The predicted molar refractivity (Wildman–Crippen MR) is 86.5 cm³/mol. The van der Waals surface area contributed by atoms with Crippen LogP contribution in [0.15, 0.2) is 42.6 Å². The average Bonchev–Trinajstić information content (AvgIpc) is 2.55. The standard InChI is InChI=1S/C17H17N3O3/c1-20(2)15-8-7-12(10-18-15)19-16(21)14-9-11-5-3-4-6-13(11)17(22)23-14/h3-8,10,14H,9H2,1-2H3,(H,19,21)/t14-/m1/s1. The Balaban J connectivity index is 1.71. The quantitative estimate of drug-likeness (QED) is 0.876. The van der Waals surface area contributed by atoms with Crippen molar-refractivity contribution in [3.8, 4) is 0 Å². The topological polar surface area (TPSA) is 71.5 Å². The Bertz CT molecular complexity index is 741. The van der Waals surface area contributed by atoms with E-state index in [-0.39, 0.29) is 5.91 Å². The smallest absolute Gasteiger partial charge is 0.339 e. The number of hydrogen-bond donors (Lipinski definition) is 1. The van der Waals surface area contributed by atoms with E-state index in [4.69, 9.17) is 4.74 Å². The molecule has 0 radical (unpaired) electrons. The summed E-state index contributed by atoms with van der Waals surface area (Å²) in [6.07, 6.45) is 1.12. The SMILES string of the molecule is CN(C)c1ccc(NC(=O)[C@H]2Cc3ccccc3C(=O)O2)cn1. The highest BCUT2D eigenvalue weighted by molar-refractivity contribution is 6.00. The number of carbonyl (C=O) groups excluding carboxylic acids is 2. The third-order valence-electron chi connectivity index (χ3n) is 3.66. The van der Waals surface area contributed by atoms with E-state index in [9.17, 15) is 9.59 Å². The van der Waals surface area contributed by atoms with Crippen molar-refractivity contribution >= 4 is 23.4 Å². The molecular weight excluding hydrogens is 294 g/mol. The number of nitrogens with one attached hydrogen (secondary N) is 1. The first-order chi connectivity index (χ1) is 11.0. The van der Waals surface area contributed by atoms with Gasteiger partial charge in [-0.15, -0.1) is 0 Å². The molecule has 0 saturated carbocycles. The molecule has 0 unspecified atom stereocenters. The molecule has 2 aromatic rings. The van der Waals surface area contributed by atoms with Crippen LogP contribution in [0.4, 0.5) is 11.5 Å². The third kappa shape index (κ3) is 3.15. The second-order valence-corrected chi connectivity index (χ2v) is 5.54.